The second-order valence-corrected chi connectivity index (χ2v) is 4.24. The lowest BCUT2D eigenvalue weighted by Gasteiger charge is -2.28. The molecule has 0 saturated heterocycles. The summed E-state index contributed by atoms with van der Waals surface area (Å²) in [6.45, 7) is 2.73. The molecule has 2 unspecified atom stereocenters. The van der Waals surface area contributed by atoms with Crippen molar-refractivity contribution in [1.82, 2.24) is 0 Å². The third-order valence-electron chi connectivity index (χ3n) is 2.72. The van der Waals surface area contributed by atoms with Crippen molar-refractivity contribution in [2.45, 2.75) is 19.4 Å². The molecule has 1 aromatic rings. The molecule has 16 heavy (non-hydrogen) atoms. The van der Waals surface area contributed by atoms with Crippen LogP contribution < -0.4 is 0 Å². The van der Waals surface area contributed by atoms with Gasteiger partial charge in [-0.05, 0) is 31.5 Å². The smallest absolute Gasteiger partial charge is 0.309 e. The zero-order valence-corrected chi connectivity index (χ0v) is 9.62. The number of carboxylic acids is 1. The molecule has 1 aromatic carbocycles. The molecule has 0 saturated carbocycles. The van der Waals surface area contributed by atoms with Crippen LogP contribution in [-0.2, 0) is 10.4 Å². The molecule has 0 fully saturated rings. The van der Waals surface area contributed by atoms with Crippen LogP contribution in [0.15, 0.2) is 18.2 Å². The Kier molecular flexibility index (Phi) is 3.55. The molecular formula is C11H12ClFO3. The first kappa shape index (κ1) is 12.9. The Bertz CT molecular complexity index is 418. The van der Waals surface area contributed by atoms with E-state index in [0.717, 1.165) is 6.07 Å². The third kappa shape index (κ3) is 2.33. The highest BCUT2D eigenvalue weighted by molar-refractivity contribution is 6.30. The van der Waals surface area contributed by atoms with Gasteiger partial charge in [0, 0.05) is 0 Å². The number of hydrogen-bond donors (Lipinski definition) is 2. The van der Waals surface area contributed by atoms with E-state index in [0.29, 0.717) is 0 Å². The second kappa shape index (κ2) is 4.39. The zero-order chi connectivity index (χ0) is 12.5. The maximum absolute atomic E-state index is 12.9. The Labute approximate surface area is 97.5 Å². The van der Waals surface area contributed by atoms with Gasteiger partial charge in [-0.1, -0.05) is 17.7 Å². The first-order chi connectivity index (χ1) is 7.26. The summed E-state index contributed by atoms with van der Waals surface area (Å²) >= 11 is 5.57. The molecule has 0 radical (unpaired) electrons. The lowest BCUT2D eigenvalue weighted by molar-refractivity contribution is -0.150. The van der Waals surface area contributed by atoms with Crippen LogP contribution in [0.1, 0.15) is 19.4 Å². The molecule has 0 aliphatic carbocycles. The van der Waals surface area contributed by atoms with Crippen molar-refractivity contribution >= 4 is 17.6 Å². The summed E-state index contributed by atoms with van der Waals surface area (Å²) in [6, 6.07) is 3.65. The summed E-state index contributed by atoms with van der Waals surface area (Å²) in [4.78, 5) is 10.8. The van der Waals surface area contributed by atoms with Crippen molar-refractivity contribution in [3.8, 4) is 0 Å². The molecule has 1 rings (SSSR count). The molecule has 0 spiro atoms. The van der Waals surface area contributed by atoms with Crippen LogP contribution in [0, 0.1) is 11.7 Å². The number of hydrogen-bond acceptors (Lipinski definition) is 2. The van der Waals surface area contributed by atoms with Crippen LogP contribution in [0.2, 0.25) is 5.02 Å². The summed E-state index contributed by atoms with van der Waals surface area (Å²) in [7, 11) is 0. The molecule has 3 nitrogen and oxygen atoms in total. The Morgan fingerprint density at radius 2 is 2.12 bits per heavy atom. The van der Waals surface area contributed by atoms with Crippen LogP contribution >= 0.6 is 11.6 Å². The summed E-state index contributed by atoms with van der Waals surface area (Å²) in [5, 5.41) is 18.8. The van der Waals surface area contributed by atoms with E-state index in [2.05, 4.69) is 0 Å². The predicted octanol–water partition coefficient (Wildman–Crippen LogP) is 2.41. The summed E-state index contributed by atoms with van der Waals surface area (Å²) in [5.41, 5.74) is -1.32. The number of aliphatic hydroxyl groups is 1. The number of carbonyl (C=O) groups is 1. The van der Waals surface area contributed by atoms with Gasteiger partial charge in [0.05, 0.1) is 16.5 Å². The molecule has 5 heteroatoms. The average Bonchev–Trinajstić information content (AvgIpc) is 2.20. The van der Waals surface area contributed by atoms with E-state index >= 15 is 0 Å². The number of benzene rings is 1. The van der Waals surface area contributed by atoms with Gasteiger partial charge in [0.1, 0.15) is 5.82 Å². The molecule has 2 N–H and O–H groups in total. The Balaban J connectivity index is 3.16. The van der Waals surface area contributed by atoms with Crippen LogP contribution in [-0.4, -0.2) is 16.2 Å². The van der Waals surface area contributed by atoms with Crippen LogP contribution in [0.4, 0.5) is 4.39 Å². The van der Waals surface area contributed by atoms with Gasteiger partial charge >= 0.3 is 5.97 Å². The topological polar surface area (TPSA) is 57.5 Å². The van der Waals surface area contributed by atoms with E-state index in [4.69, 9.17) is 16.7 Å². The molecule has 0 amide bonds. The van der Waals surface area contributed by atoms with E-state index in [1.54, 1.807) is 0 Å². The Morgan fingerprint density at radius 3 is 2.56 bits per heavy atom. The van der Waals surface area contributed by atoms with Crippen LogP contribution in [0.5, 0.6) is 0 Å². The van der Waals surface area contributed by atoms with Crippen molar-refractivity contribution < 1.29 is 19.4 Å². The number of rotatable bonds is 3. The maximum Gasteiger partial charge on any atom is 0.309 e. The zero-order valence-electron chi connectivity index (χ0n) is 8.87. The normalized spacial score (nSPS) is 16.6. The molecular weight excluding hydrogens is 235 g/mol. The Morgan fingerprint density at radius 1 is 1.56 bits per heavy atom. The van der Waals surface area contributed by atoms with Crippen molar-refractivity contribution in [2.75, 3.05) is 0 Å². The van der Waals surface area contributed by atoms with Gasteiger partial charge in [-0.3, -0.25) is 4.79 Å². The van der Waals surface area contributed by atoms with Gasteiger partial charge in [0.15, 0.2) is 0 Å². The fraction of sp³-hybridized carbons (Fsp3) is 0.364. The highest BCUT2D eigenvalue weighted by Crippen LogP contribution is 2.31. The fourth-order valence-corrected chi connectivity index (χ4v) is 1.48. The summed E-state index contributed by atoms with van der Waals surface area (Å²) < 4.78 is 12.9. The van der Waals surface area contributed by atoms with E-state index in [1.165, 1.54) is 26.0 Å². The third-order valence-corrected chi connectivity index (χ3v) is 3.01. The van der Waals surface area contributed by atoms with Gasteiger partial charge in [0.2, 0.25) is 0 Å². The lowest BCUT2D eigenvalue weighted by atomic mass is 9.84. The van der Waals surface area contributed by atoms with E-state index in [9.17, 15) is 14.3 Å². The van der Waals surface area contributed by atoms with Gasteiger partial charge in [-0.25, -0.2) is 4.39 Å². The Hall–Kier alpha value is -1.13. The second-order valence-electron chi connectivity index (χ2n) is 3.84. The average molecular weight is 247 g/mol. The lowest BCUT2D eigenvalue weighted by Crippen LogP contribution is -2.35. The molecule has 0 bridgehead atoms. The molecule has 0 heterocycles. The van der Waals surface area contributed by atoms with Crippen molar-refractivity contribution in [2.24, 2.45) is 5.92 Å². The number of carboxylic acid groups (broad SMARTS) is 1. The molecule has 0 aliphatic heterocycles. The van der Waals surface area contributed by atoms with Crippen LogP contribution in [0.25, 0.3) is 0 Å². The highest BCUT2D eigenvalue weighted by atomic mass is 35.5. The van der Waals surface area contributed by atoms with Gasteiger partial charge in [0.25, 0.3) is 0 Å². The van der Waals surface area contributed by atoms with Crippen molar-refractivity contribution in [3.63, 3.8) is 0 Å². The van der Waals surface area contributed by atoms with Gasteiger partial charge < -0.3 is 10.2 Å². The van der Waals surface area contributed by atoms with Crippen molar-refractivity contribution in [1.29, 1.82) is 0 Å². The van der Waals surface area contributed by atoms with Gasteiger partial charge in [-0.2, -0.15) is 0 Å². The number of aliphatic carboxylic acids is 1. The van der Waals surface area contributed by atoms with E-state index in [1.807, 2.05) is 0 Å². The first-order valence-electron chi connectivity index (χ1n) is 4.67. The molecule has 0 aliphatic rings. The predicted molar refractivity (Wildman–Crippen MR) is 57.8 cm³/mol. The minimum atomic E-state index is -1.59. The maximum atomic E-state index is 12.9. The SMILES string of the molecule is CC(C(=O)O)C(C)(O)c1ccc(F)c(Cl)c1. The van der Waals surface area contributed by atoms with Crippen molar-refractivity contribution in [3.05, 3.63) is 34.6 Å². The standard InChI is InChI=1S/C11H12ClFO3/c1-6(10(14)15)11(2,16)7-3-4-9(13)8(12)5-7/h3-6,16H,1-2H3,(H,14,15). The molecule has 88 valence electrons. The fourth-order valence-electron chi connectivity index (χ4n) is 1.30. The molecule has 2 atom stereocenters. The quantitative estimate of drug-likeness (QED) is 0.861. The monoisotopic (exact) mass is 246 g/mol. The van der Waals surface area contributed by atoms with Gasteiger partial charge in [-0.15, -0.1) is 0 Å². The first-order valence-corrected chi connectivity index (χ1v) is 5.05. The number of halogens is 2. The summed E-state index contributed by atoms with van der Waals surface area (Å²) in [5.74, 6) is -2.76. The minimum absolute atomic E-state index is 0.143. The minimum Gasteiger partial charge on any atom is -0.481 e. The highest BCUT2D eigenvalue weighted by Gasteiger charge is 2.35. The summed E-state index contributed by atoms with van der Waals surface area (Å²) in [6.07, 6.45) is 0. The largest absolute Gasteiger partial charge is 0.481 e. The molecule has 0 aromatic heterocycles. The van der Waals surface area contributed by atoms with Crippen LogP contribution in [0.3, 0.4) is 0 Å². The van der Waals surface area contributed by atoms with E-state index < -0.39 is 23.3 Å². The van der Waals surface area contributed by atoms with E-state index in [-0.39, 0.29) is 10.6 Å².